The maximum absolute atomic E-state index is 12.4. The molecular weight excluding hydrogens is 352 g/mol. The standard InChI is InChI=1S/C22H18N4O2/c27-21-22(28,18-6-2-4-8-20(18)26-21)10-16-13-23-12-15(25-16)9-14-11-24-19-7-3-1-5-17(14)19/h1-8,11-13,24,28H,9-10H2,(H,26,27)/t22-/m0/s1. The highest BCUT2D eigenvalue weighted by Gasteiger charge is 2.45. The summed E-state index contributed by atoms with van der Waals surface area (Å²) in [6.07, 6.45) is 5.99. The van der Waals surface area contributed by atoms with Crippen LogP contribution in [0.25, 0.3) is 10.9 Å². The molecule has 3 N–H and O–H groups in total. The topological polar surface area (TPSA) is 90.9 Å². The molecule has 138 valence electrons. The third-order valence-electron chi connectivity index (χ3n) is 5.21. The fourth-order valence-corrected chi connectivity index (χ4v) is 3.83. The van der Waals surface area contributed by atoms with Crippen molar-refractivity contribution < 1.29 is 9.90 Å². The Hall–Kier alpha value is -3.51. The molecule has 1 aliphatic heterocycles. The minimum atomic E-state index is -1.63. The van der Waals surface area contributed by atoms with Gasteiger partial charge in [-0.3, -0.25) is 14.8 Å². The van der Waals surface area contributed by atoms with Crippen molar-refractivity contribution in [2.45, 2.75) is 18.4 Å². The van der Waals surface area contributed by atoms with Gasteiger partial charge in [-0.15, -0.1) is 0 Å². The molecule has 0 saturated heterocycles. The van der Waals surface area contributed by atoms with E-state index < -0.39 is 11.5 Å². The summed E-state index contributed by atoms with van der Waals surface area (Å²) in [7, 11) is 0. The number of H-pyrrole nitrogens is 1. The van der Waals surface area contributed by atoms with Crippen molar-refractivity contribution in [3.05, 3.63) is 89.6 Å². The smallest absolute Gasteiger partial charge is 0.261 e. The third kappa shape index (κ3) is 2.66. The zero-order chi connectivity index (χ0) is 19.1. The van der Waals surface area contributed by atoms with Gasteiger partial charge in [0, 0.05) is 53.6 Å². The number of aromatic nitrogens is 3. The molecule has 2 aromatic carbocycles. The van der Waals surface area contributed by atoms with E-state index in [4.69, 9.17) is 0 Å². The average Bonchev–Trinajstić information content (AvgIpc) is 3.22. The quantitative estimate of drug-likeness (QED) is 0.515. The molecule has 0 radical (unpaired) electrons. The van der Waals surface area contributed by atoms with Gasteiger partial charge in [0.25, 0.3) is 5.91 Å². The largest absolute Gasteiger partial charge is 0.375 e. The Morgan fingerprint density at radius 3 is 2.71 bits per heavy atom. The maximum atomic E-state index is 12.4. The summed E-state index contributed by atoms with van der Waals surface area (Å²) in [5.41, 5.74) is 3.15. The van der Waals surface area contributed by atoms with E-state index in [0.29, 0.717) is 23.4 Å². The molecule has 1 amide bonds. The van der Waals surface area contributed by atoms with E-state index in [1.54, 1.807) is 24.5 Å². The van der Waals surface area contributed by atoms with Gasteiger partial charge in [0.15, 0.2) is 5.60 Å². The Morgan fingerprint density at radius 1 is 1.00 bits per heavy atom. The van der Waals surface area contributed by atoms with Crippen molar-refractivity contribution in [1.82, 2.24) is 15.0 Å². The molecule has 4 aromatic rings. The molecule has 5 rings (SSSR count). The second kappa shape index (κ2) is 6.28. The molecule has 0 unspecified atom stereocenters. The van der Waals surface area contributed by atoms with E-state index in [-0.39, 0.29) is 6.42 Å². The van der Waals surface area contributed by atoms with Gasteiger partial charge in [0.05, 0.1) is 11.4 Å². The van der Waals surface area contributed by atoms with Gasteiger partial charge in [0.2, 0.25) is 0 Å². The summed E-state index contributed by atoms with van der Waals surface area (Å²) in [5.74, 6) is -0.433. The number of carbonyl (C=O) groups is 1. The monoisotopic (exact) mass is 370 g/mol. The number of aliphatic hydroxyl groups is 1. The normalized spacial score (nSPS) is 18.2. The molecular formula is C22H18N4O2. The van der Waals surface area contributed by atoms with Crippen molar-refractivity contribution in [2.75, 3.05) is 5.32 Å². The Bertz CT molecular complexity index is 1200. The maximum Gasteiger partial charge on any atom is 0.261 e. The van der Waals surface area contributed by atoms with Crippen molar-refractivity contribution >= 4 is 22.5 Å². The second-order valence-electron chi connectivity index (χ2n) is 7.07. The van der Waals surface area contributed by atoms with Gasteiger partial charge < -0.3 is 15.4 Å². The number of carbonyl (C=O) groups excluding carboxylic acids is 1. The fraction of sp³-hybridized carbons (Fsp3) is 0.136. The minimum Gasteiger partial charge on any atom is -0.375 e. The van der Waals surface area contributed by atoms with Crippen LogP contribution in [0.5, 0.6) is 0 Å². The van der Waals surface area contributed by atoms with Gasteiger partial charge in [0.1, 0.15) is 0 Å². The van der Waals surface area contributed by atoms with Crippen molar-refractivity contribution in [2.24, 2.45) is 0 Å². The molecule has 3 heterocycles. The minimum absolute atomic E-state index is 0.0740. The van der Waals surface area contributed by atoms with E-state index >= 15 is 0 Å². The van der Waals surface area contributed by atoms with Crippen LogP contribution in [-0.4, -0.2) is 26.0 Å². The number of para-hydroxylation sites is 2. The number of aromatic amines is 1. The molecule has 0 bridgehead atoms. The number of anilines is 1. The summed E-state index contributed by atoms with van der Waals surface area (Å²) >= 11 is 0. The van der Waals surface area contributed by atoms with Crippen LogP contribution in [0, 0.1) is 0 Å². The SMILES string of the molecule is O=C1Nc2ccccc2[C@@]1(O)Cc1cncc(Cc2c[nH]c3ccccc23)n1. The number of nitrogens with one attached hydrogen (secondary N) is 2. The van der Waals surface area contributed by atoms with Crippen molar-refractivity contribution in [3.63, 3.8) is 0 Å². The highest BCUT2D eigenvalue weighted by molar-refractivity contribution is 6.05. The van der Waals surface area contributed by atoms with Gasteiger partial charge in [-0.25, -0.2) is 0 Å². The van der Waals surface area contributed by atoms with Crippen LogP contribution in [0.1, 0.15) is 22.5 Å². The second-order valence-corrected chi connectivity index (χ2v) is 7.07. The van der Waals surface area contributed by atoms with Gasteiger partial charge in [-0.05, 0) is 17.7 Å². The van der Waals surface area contributed by atoms with Crippen LogP contribution >= 0.6 is 0 Å². The highest BCUT2D eigenvalue weighted by Crippen LogP contribution is 2.37. The lowest BCUT2D eigenvalue weighted by atomic mass is 9.90. The first-order valence-electron chi connectivity index (χ1n) is 9.11. The predicted molar refractivity (Wildman–Crippen MR) is 106 cm³/mol. The van der Waals surface area contributed by atoms with Crippen LogP contribution < -0.4 is 5.32 Å². The zero-order valence-corrected chi connectivity index (χ0v) is 15.0. The van der Waals surface area contributed by atoms with E-state index in [1.165, 1.54) is 0 Å². The summed E-state index contributed by atoms with van der Waals surface area (Å²) in [6, 6.07) is 15.3. The lowest BCUT2D eigenvalue weighted by Gasteiger charge is -2.20. The van der Waals surface area contributed by atoms with Crippen molar-refractivity contribution in [1.29, 1.82) is 0 Å². The van der Waals surface area contributed by atoms with E-state index in [9.17, 15) is 9.90 Å². The summed E-state index contributed by atoms with van der Waals surface area (Å²) < 4.78 is 0. The molecule has 0 fully saturated rings. The lowest BCUT2D eigenvalue weighted by Crippen LogP contribution is -2.36. The zero-order valence-electron chi connectivity index (χ0n) is 15.0. The van der Waals surface area contributed by atoms with Gasteiger partial charge >= 0.3 is 0 Å². The van der Waals surface area contributed by atoms with Crippen LogP contribution in [-0.2, 0) is 23.2 Å². The Kier molecular flexibility index (Phi) is 3.74. The highest BCUT2D eigenvalue weighted by atomic mass is 16.3. The van der Waals surface area contributed by atoms with E-state index in [0.717, 1.165) is 22.2 Å². The first-order valence-corrected chi connectivity index (χ1v) is 9.11. The fourth-order valence-electron chi connectivity index (χ4n) is 3.83. The number of rotatable bonds is 4. The number of fused-ring (bicyclic) bond motifs is 2. The molecule has 0 spiro atoms. The summed E-state index contributed by atoms with van der Waals surface area (Å²) in [5, 5.41) is 15.0. The van der Waals surface area contributed by atoms with Crippen LogP contribution in [0.2, 0.25) is 0 Å². The average molecular weight is 370 g/mol. The molecule has 0 aliphatic carbocycles. The number of nitrogens with zero attached hydrogens (tertiary/aromatic N) is 2. The molecule has 28 heavy (non-hydrogen) atoms. The van der Waals surface area contributed by atoms with Crippen molar-refractivity contribution in [3.8, 4) is 0 Å². The third-order valence-corrected chi connectivity index (χ3v) is 5.21. The summed E-state index contributed by atoms with van der Waals surface area (Å²) in [6.45, 7) is 0. The van der Waals surface area contributed by atoms with Gasteiger partial charge in [-0.2, -0.15) is 0 Å². The number of hydrogen-bond acceptors (Lipinski definition) is 4. The predicted octanol–water partition coefficient (Wildman–Crippen LogP) is 2.93. The van der Waals surface area contributed by atoms with Gasteiger partial charge in [-0.1, -0.05) is 36.4 Å². The number of benzene rings is 2. The first-order chi connectivity index (χ1) is 13.6. The van der Waals surface area contributed by atoms with E-state index in [2.05, 4.69) is 26.3 Å². The molecule has 2 aromatic heterocycles. The Labute approximate surface area is 161 Å². The van der Waals surface area contributed by atoms with Crippen LogP contribution in [0.4, 0.5) is 5.69 Å². The molecule has 1 atom stereocenters. The lowest BCUT2D eigenvalue weighted by molar-refractivity contribution is -0.133. The molecule has 1 aliphatic rings. The van der Waals surface area contributed by atoms with Crippen LogP contribution in [0.3, 0.4) is 0 Å². The van der Waals surface area contributed by atoms with Crippen LogP contribution in [0.15, 0.2) is 67.1 Å². The molecule has 6 nitrogen and oxygen atoms in total. The summed E-state index contributed by atoms with van der Waals surface area (Å²) in [4.78, 5) is 24.6. The number of amides is 1. The number of hydrogen-bond donors (Lipinski definition) is 3. The molecule has 0 saturated carbocycles. The first kappa shape index (κ1) is 16.6. The van der Waals surface area contributed by atoms with E-state index in [1.807, 2.05) is 36.5 Å². The Balaban J connectivity index is 1.44. The molecule has 6 heteroatoms. The Morgan fingerprint density at radius 2 is 1.79 bits per heavy atom.